The largest absolute Gasteiger partial charge is 0.380 e. The van der Waals surface area contributed by atoms with E-state index >= 15 is 0 Å². The van der Waals surface area contributed by atoms with Crippen molar-refractivity contribution in [3.63, 3.8) is 0 Å². The maximum atomic E-state index is 12.8. The van der Waals surface area contributed by atoms with E-state index in [-0.39, 0.29) is 18.1 Å². The van der Waals surface area contributed by atoms with Crippen LogP contribution in [-0.4, -0.2) is 46.3 Å². The summed E-state index contributed by atoms with van der Waals surface area (Å²) in [5.41, 5.74) is 2.45. The van der Waals surface area contributed by atoms with Gasteiger partial charge < -0.3 is 14.6 Å². The molecular weight excluding hydrogens is 322 g/mol. The molecule has 2 aromatic rings. The first-order valence-electron chi connectivity index (χ1n) is 8.10. The van der Waals surface area contributed by atoms with Gasteiger partial charge in [-0.1, -0.05) is 17.7 Å². The Kier molecular flexibility index (Phi) is 5.26. The van der Waals surface area contributed by atoms with E-state index in [2.05, 4.69) is 42.0 Å². The summed E-state index contributed by atoms with van der Waals surface area (Å²) in [5, 5.41) is 0. The number of thioether (sulfide) groups is 1. The number of likely N-dealkylation sites (tertiary alicyclic amines) is 1. The topological polar surface area (TPSA) is 58.2 Å². The van der Waals surface area contributed by atoms with E-state index in [9.17, 15) is 4.79 Å². The lowest BCUT2D eigenvalue weighted by Gasteiger charge is -2.23. The lowest BCUT2D eigenvalue weighted by molar-refractivity contribution is -0.129. The zero-order valence-electron chi connectivity index (χ0n) is 14.3. The third-order valence-electron chi connectivity index (χ3n) is 4.43. The van der Waals surface area contributed by atoms with Crippen molar-refractivity contribution in [2.24, 2.45) is 0 Å². The first-order chi connectivity index (χ1) is 11.6. The van der Waals surface area contributed by atoms with Crippen molar-refractivity contribution in [2.75, 3.05) is 19.4 Å². The summed E-state index contributed by atoms with van der Waals surface area (Å²) in [5.74, 6) is 1.39. The van der Waals surface area contributed by atoms with Crippen molar-refractivity contribution in [2.45, 2.75) is 37.3 Å². The number of hydrogen-bond donors (Lipinski definition) is 1. The predicted octanol–water partition coefficient (Wildman–Crippen LogP) is 3.11. The highest BCUT2D eigenvalue weighted by Crippen LogP contribution is 2.33. The highest BCUT2D eigenvalue weighted by atomic mass is 32.2. The van der Waals surface area contributed by atoms with Crippen LogP contribution in [0.2, 0.25) is 0 Å². The van der Waals surface area contributed by atoms with Gasteiger partial charge in [0.2, 0.25) is 5.91 Å². The minimum absolute atomic E-state index is 0.0304. The molecule has 1 N–H and O–H groups in total. The molecule has 2 heterocycles. The van der Waals surface area contributed by atoms with E-state index < -0.39 is 0 Å². The van der Waals surface area contributed by atoms with Crippen LogP contribution in [0.25, 0.3) is 0 Å². The molecule has 0 aliphatic carbocycles. The molecule has 2 atom stereocenters. The normalized spacial score (nSPS) is 20.5. The zero-order chi connectivity index (χ0) is 17.1. The van der Waals surface area contributed by atoms with Gasteiger partial charge in [0, 0.05) is 37.4 Å². The van der Waals surface area contributed by atoms with Crippen LogP contribution in [0.3, 0.4) is 0 Å². The fraction of sp³-hybridized carbons (Fsp3) is 0.444. The third kappa shape index (κ3) is 3.65. The fourth-order valence-corrected chi connectivity index (χ4v) is 4.04. The Balaban J connectivity index is 1.68. The highest BCUT2D eigenvalue weighted by Gasteiger charge is 2.37. The van der Waals surface area contributed by atoms with Crippen LogP contribution in [0.15, 0.2) is 35.5 Å². The second-order valence-corrected chi connectivity index (χ2v) is 7.20. The zero-order valence-corrected chi connectivity index (χ0v) is 15.1. The summed E-state index contributed by atoms with van der Waals surface area (Å²) in [7, 11) is 1.70. The molecule has 3 rings (SSSR count). The number of nitrogens with zero attached hydrogens (tertiary/aromatic N) is 2. The predicted molar refractivity (Wildman–Crippen MR) is 95.1 cm³/mol. The SMILES string of the molecule is COC1CC(c2ncc[nH]2)N(C(=O)CSc2ccc(C)cc2C)C1. The number of carbonyl (C=O) groups excluding carboxylic acids is 1. The summed E-state index contributed by atoms with van der Waals surface area (Å²) in [6.07, 6.45) is 4.37. The standard InChI is InChI=1S/C18H23N3O2S/c1-12-4-5-16(13(2)8-12)24-11-17(22)21-10-14(23-3)9-15(21)18-19-6-7-20-18/h4-8,14-15H,9-11H2,1-3H3,(H,19,20). The number of aromatic amines is 1. The number of methoxy groups -OCH3 is 1. The Hall–Kier alpha value is -1.79. The number of nitrogens with one attached hydrogen (secondary N) is 1. The molecule has 0 saturated carbocycles. The van der Waals surface area contributed by atoms with Crippen LogP contribution in [0, 0.1) is 13.8 Å². The van der Waals surface area contributed by atoms with Gasteiger partial charge in [0.05, 0.1) is 17.9 Å². The van der Waals surface area contributed by atoms with Crippen LogP contribution in [-0.2, 0) is 9.53 Å². The Morgan fingerprint density at radius 3 is 2.96 bits per heavy atom. The van der Waals surface area contributed by atoms with E-state index in [1.807, 2.05) is 4.90 Å². The van der Waals surface area contributed by atoms with Gasteiger partial charge in [-0.15, -0.1) is 11.8 Å². The molecule has 0 bridgehead atoms. The quantitative estimate of drug-likeness (QED) is 0.846. The minimum atomic E-state index is -0.0304. The van der Waals surface area contributed by atoms with Gasteiger partial charge >= 0.3 is 0 Å². The van der Waals surface area contributed by atoms with Crippen molar-refractivity contribution >= 4 is 17.7 Å². The van der Waals surface area contributed by atoms with E-state index in [1.165, 1.54) is 11.1 Å². The molecular formula is C18H23N3O2S. The molecule has 1 aliphatic rings. The summed E-state index contributed by atoms with van der Waals surface area (Å²) in [4.78, 5) is 23.3. The molecule has 1 aromatic heterocycles. The molecule has 0 spiro atoms. The van der Waals surface area contributed by atoms with Gasteiger partial charge in [0.15, 0.2) is 0 Å². The number of H-pyrrole nitrogens is 1. The van der Waals surface area contributed by atoms with E-state index in [4.69, 9.17) is 4.74 Å². The Labute approximate surface area is 146 Å². The van der Waals surface area contributed by atoms with Crippen LogP contribution < -0.4 is 0 Å². The van der Waals surface area contributed by atoms with Crippen molar-refractivity contribution in [3.8, 4) is 0 Å². The number of benzene rings is 1. The number of ether oxygens (including phenoxy) is 1. The van der Waals surface area contributed by atoms with E-state index in [0.717, 1.165) is 17.1 Å². The number of aromatic nitrogens is 2. The summed E-state index contributed by atoms with van der Waals surface area (Å²) in [6.45, 7) is 4.78. The average Bonchev–Trinajstić information content (AvgIpc) is 3.22. The van der Waals surface area contributed by atoms with Gasteiger partial charge in [-0.05, 0) is 25.5 Å². The fourth-order valence-electron chi connectivity index (χ4n) is 3.15. The summed E-state index contributed by atoms with van der Waals surface area (Å²) >= 11 is 1.60. The maximum absolute atomic E-state index is 12.8. The summed E-state index contributed by atoms with van der Waals surface area (Å²) < 4.78 is 5.47. The van der Waals surface area contributed by atoms with Gasteiger partial charge in [-0.2, -0.15) is 0 Å². The molecule has 24 heavy (non-hydrogen) atoms. The second kappa shape index (κ2) is 7.40. The number of amides is 1. The monoisotopic (exact) mass is 345 g/mol. The van der Waals surface area contributed by atoms with Crippen molar-refractivity contribution < 1.29 is 9.53 Å². The number of carbonyl (C=O) groups is 1. The van der Waals surface area contributed by atoms with E-state index in [1.54, 1.807) is 31.3 Å². The minimum Gasteiger partial charge on any atom is -0.380 e. The van der Waals surface area contributed by atoms with Gasteiger partial charge in [0.25, 0.3) is 0 Å². The lowest BCUT2D eigenvalue weighted by atomic mass is 10.2. The molecule has 1 aromatic carbocycles. The van der Waals surface area contributed by atoms with Gasteiger partial charge in [-0.3, -0.25) is 4.79 Å². The Bertz CT molecular complexity index is 702. The Morgan fingerprint density at radius 1 is 1.46 bits per heavy atom. The number of rotatable bonds is 5. The van der Waals surface area contributed by atoms with Crippen LogP contribution in [0.4, 0.5) is 0 Å². The molecule has 1 saturated heterocycles. The first kappa shape index (κ1) is 17.0. The molecule has 1 amide bonds. The van der Waals surface area contributed by atoms with Crippen LogP contribution >= 0.6 is 11.8 Å². The molecule has 6 heteroatoms. The molecule has 0 radical (unpaired) electrons. The number of aryl methyl sites for hydroxylation is 2. The third-order valence-corrected chi connectivity index (χ3v) is 5.59. The van der Waals surface area contributed by atoms with Crippen molar-refractivity contribution in [1.82, 2.24) is 14.9 Å². The molecule has 2 unspecified atom stereocenters. The number of hydrogen-bond acceptors (Lipinski definition) is 4. The second-order valence-electron chi connectivity index (χ2n) is 6.19. The molecule has 1 fully saturated rings. The molecule has 128 valence electrons. The van der Waals surface area contributed by atoms with Gasteiger partial charge in [0.1, 0.15) is 5.82 Å². The summed E-state index contributed by atoms with van der Waals surface area (Å²) in [6, 6.07) is 6.30. The lowest BCUT2D eigenvalue weighted by Crippen LogP contribution is -2.33. The Morgan fingerprint density at radius 2 is 2.29 bits per heavy atom. The molecule has 5 nitrogen and oxygen atoms in total. The first-order valence-corrected chi connectivity index (χ1v) is 9.08. The average molecular weight is 345 g/mol. The van der Waals surface area contributed by atoms with Gasteiger partial charge in [-0.25, -0.2) is 4.98 Å². The van der Waals surface area contributed by atoms with Crippen molar-refractivity contribution in [3.05, 3.63) is 47.5 Å². The maximum Gasteiger partial charge on any atom is 0.233 e. The van der Waals surface area contributed by atoms with Crippen LogP contribution in [0.5, 0.6) is 0 Å². The highest BCUT2D eigenvalue weighted by molar-refractivity contribution is 8.00. The van der Waals surface area contributed by atoms with Crippen LogP contribution in [0.1, 0.15) is 29.4 Å². The number of imidazole rings is 1. The van der Waals surface area contributed by atoms with Crippen molar-refractivity contribution in [1.29, 1.82) is 0 Å². The smallest absolute Gasteiger partial charge is 0.233 e. The molecule has 1 aliphatic heterocycles. The van der Waals surface area contributed by atoms with E-state index in [0.29, 0.717) is 12.3 Å².